The molecule has 7 heteroatoms. The smallest absolute Gasteiger partial charge is 0.243 e. The van der Waals surface area contributed by atoms with E-state index in [-0.39, 0.29) is 10.8 Å². The molecule has 1 fully saturated rings. The fourth-order valence-corrected chi connectivity index (χ4v) is 3.61. The van der Waals surface area contributed by atoms with Gasteiger partial charge in [0.05, 0.1) is 38.1 Å². The molecule has 2 N–H and O–H groups in total. The van der Waals surface area contributed by atoms with E-state index in [9.17, 15) is 13.2 Å². The molecule has 0 saturated carbocycles. The normalized spacial score (nSPS) is 17.9. The second-order valence-corrected chi connectivity index (χ2v) is 7.00. The average Bonchev–Trinajstić information content (AvgIpc) is 2.39. The summed E-state index contributed by atoms with van der Waals surface area (Å²) in [6.45, 7) is 4.15. The standard InChI is InChI=1S/C13H19N3O3S/c1-11(17)14-12-3-5-13(6-4-12)20(18,19)16-9-7-15(2)8-10-16/h3-6H,7-10H2,1-2H3,(H,14,17)/p+1. The van der Waals surface area contributed by atoms with Gasteiger partial charge in [0, 0.05) is 12.6 Å². The number of nitrogens with one attached hydrogen (secondary N) is 2. The molecule has 1 saturated heterocycles. The molecular formula is C13H20N3O3S+. The second kappa shape index (κ2) is 5.90. The third-order valence-electron chi connectivity index (χ3n) is 3.39. The summed E-state index contributed by atoms with van der Waals surface area (Å²) < 4.78 is 26.4. The van der Waals surface area contributed by atoms with Gasteiger partial charge in [-0.3, -0.25) is 4.79 Å². The van der Waals surface area contributed by atoms with E-state index in [0.717, 1.165) is 13.1 Å². The van der Waals surface area contributed by atoms with Crippen LogP contribution < -0.4 is 10.2 Å². The van der Waals surface area contributed by atoms with Crippen LogP contribution >= 0.6 is 0 Å². The molecule has 0 radical (unpaired) electrons. The molecule has 1 amide bonds. The Morgan fingerprint density at radius 1 is 1.20 bits per heavy atom. The lowest BCUT2D eigenvalue weighted by molar-refractivity contribution is -0.883. The molecule has 1 aliphatic heterocycles. The minimum Gasteiger partial charge on any atom is -0.335 e. The summed E-state index contributed by atoms with van der Waals surface area (Å²) in [5, 5.41) is 2.62. The van der Waals surface area contributed by atoms with Crippen LogP contribution in [-0.2, 0) is 14.8 Å². The first kappa shape index (κ1) is 15.0. The van der Waals surface area contributed by atoms with Crippen molar-refractivity contribution in [2.45, 2.75) is 11.8 Å². The minimum absolute atomic E-state index is 0.178. The average molecular weight is 298 g/mol. The fourth-order valence-electron chi connectivity index (χ4n) is 2.17. The molecule has 20 heavy (non-hydrogen) atoms. The van der Waals surface area contributed by atoms with Gasteiger partial charge in [0.25, 0.3) is 0 Å². The molecule has 1 aliphatic rings. The number of quaternary nitrogens is 1. The second-order valence-electron chi connectivity index (χ2n) is 5.07. The number of likely N-dealkylation sites (N-methyl/N-ethyl adjacent to an activating group) is 1. The van der Waals surface area contributed by atoms with Crippen molar-refractivity contribution in [2.75, 3.05) is 38.5 Å². The summed E-state index contributed by atoms with van der Waals surface area (Å²) in [7, 11) is -1.36. The summed E-state index contributed by atoms with van der Waals surface area (Å²) in [5.41, 5.74) is 0.597. The predicted octanol–water partition coefficient (Wildman–Crippen LogP) is -0.836. The van der Waals surface area contributed by atoms with E-state index >= 15 is 0 Å². The van der Waals surface area contributed by atoms with Crippen LogP contribution in [0.4, 0.5) is 5.69 Å². The van der Waals surface area contributed by atoms with Gasteiger partial charge in [-0.2, -0.15) is 4.31 Å². The van der Waals surface area contributed by atoms with Crippen molar-refractivity contribution in [2.24, 2.45) is 0 Å². The Balaban J connectivity index is 2.15. The first-order valence-electron chi connectivity index (χ1n) is 6.59. The van der Waals surface area contributed by atoms with Crippen LogP contribution in [0.5, 0.6) is 0 Å². The third-order valence-corrected chi connectivity index (χ3v) is 5.30. The summed E-state index contributed by atoms with van der Waals surface area (Å²) in [6.07, 6.45) is 0. The van der Waals surface area contributed by atoms with E-state index in [2.05, 4.69) is 12.4 Å². The summed E-state index contributed by atoms with van der Waals surface area (Å²) in [4.78, 5) is 12.5. The van der Waals surface area contributed by atoms with Gasteiger partial charge < -0.3 is 10.2 Å². The number of amides is 1. The molecule has 0 aliphatic carbocycles. The number of sulfonamides is 1. The minimum atomic E-state index is -3.42. The molecule has 0 unspecified atom stereocenters. The zero-order valence-corrected chi connectivity index (χ0v) is 12.5. The van der Waals surface area contributed by atoms with Crippen molar-refractivity contribution in [1.29, 1.82) is 0 Å². The lowest BCUT2D eigenvalue weighted by Gasteiger charge is -2.29. The molecule has 2 rings (SSSR count). The van der Waals surface area contributed by atoms with E-state index in [1.165, 1.54) is 28.3 Å². The Morgan fingerprint density at radius 3 is 2.25 bits per heavy atom. The van der Waals surface area contributed by atoms with Crippen LogP contribution in [0.3, 0.4) is 0 Å². The van der Waals surface area contributed by atoms with Crippen molar-refractivity contribution in [3.8, 4) is 0 Å². The monoisotopic (exact) mass is 298 g/mol. The number of hydrogen-bond acceptors (Lipinski definition) is 3. The maximum Gasteiger partial charge on any atom is 0.243 e. The predicted molar refractivity (Wildman–Crippen MR) is 76.1 cm³/mol. The summed E-state index contributed by atoms with van der Waals surface area (Å²) in [5.74, 6) is -0.178. The van der Waals surface area contributed by atoms with Crippen LogP contribution in [0.1, 0.15) is 6.92 Å². The summed E-state index contributed by atoms with van der Waals surface area (Å²) in [6, 6.07) is 6.28. The zero-order valence-electron chi connectivity index (χ0n) is 11.7. The van der Waals surface area contributed by atoms with Crippen molar-refractivity contribution >= 4 is 21.6 Å². The highest BCUT2D eigenvalue weighted by molar-refractivity contribution is 7.89. The van der Waals surface area contributed by atoms with Crippen LogP contribution in [0.2, 0.25) is 0 Å². The van der Waals surface area contributed by atoms with Crippen molar-refractivity contribution in [1.82, 2.24) is 4.31 Å². The first-order valence-corrected chi connectivity index (χ1v) is 8.03. The van der Waals surface area contributed by atoms with Gasteiger partial charge in [0.15, 0.2) is 0 Å². The number of nitrogens with zero attached hydrogens (tertiary/aromatic N) is 1. The molecule has 110 valence electrons. The Morgan fingerprint density at radius 2 is 1.75 bits per heavy atom. The number of anilines is 1. The molecule has 1 heterocycles. The van der Waals surface area contributed by atoms with Gasteiger partial charge >= 0.3 is 0 Å². The van der Waals surface area contributed by atoms with E-state index in [0.29, 0.717) is 18.8 Å². The maximum atomic E-state index is 12.5. The van der Waals surface area contributed by atoms with E-state index in [1.807, 2.05) is 0 Å². The number of rotatable bonds is 3. The molecule has 0 aromatic heterocycles. The van der Waals surface area contributed by atoms with Gasteiger partial charge in [-0.15, -0.1) is 0 Å². The Bertz CT molecular complexity index is 575. The highest BCUT2D eigenvalue weighted by Gasteiger charge is 2.28. The first-order chi connectivity index (χ1) is 9.39. The molecule has 1 aromatic rings. The molecular weight excluding hydrogens is 278 g/mol. The lowest BCUT2D eigenvalue weighted by atomic mass is 10.3. The number of piperazine rings is 1. The number of hydrogen-bond donors (Lipinski definition) is 2. The zero-order chi connectivity index (χ0) is 14.8. The van der Waals surface area contributed by atoms with E-state index in [1.54, 1.807) is 12.1 Å². The largest absolute Gasteiger partial charge is 0.335 e. The third kappa shape index (κ3) is 3.36. The fraction of sp³-hybridized carbons (Fsp3) is 0.462. The molecule has 0 atom stereocenters. The lowest BCUT2D eigenvalue weighted by Crippen LogP contribution is -3.12. The van der Waals surface area contributed by atoms with Crippen molar-refractivity contribution in [3.63, 3.8) is 0 Å². The van der Waals surface area contributed by atoms with Gasteiger partial charge in [-0.25, -0.2) is 8.42 Å². The maximum absolute atomic E-state index is 12.5. The Kier molecular flexibility index (Phi) is 4.42. The highest BCUT2D eigenvalue weighted by atomic mass is 32.2. The Labute approximate surface area is 119 Å². The topological polar surface area (TPSA) is 70.9 Å². The number of carbonyl (C=O) groups excluding carboxylic acids is 1. The van der Waals surface area contributed by atoms with Crippen molar-refractivity contribution in [3.05, 3.63) is 24.3 Å². The SMILES string of the molecule is CC(=O)Nc1ccc(S(=O)(=O)N2CC[NH+](C)CC2)cc1. The molecule has 0 spiro atoms. The van der Waals surface area contributed by atoms with E-state index in [4.69, 9.17) is 0 Å². The van der Waals surface area contributed by atoms with Crippen molar-refractivity contribution < 1.29 is 18.1 Å². The highest BCUT2D eigenvalue weighted by Crippen LogP contribution is 2.18. The van der Waals surface area contributed by atoms with Gasteiger partial charge in [0.2, 0.25) is 15.9 Å². The molecule has 0 bridgehead atoms. The van der Waals surface area contributed by atoms with Gasteiger partial charge in [-0.05, 0) is 24.3 Å². The summed E-state index contributed by atoms with van der Waals surface area (Å²) >= 11 is 0. The van der Waals surface area contributed by atoms with Crippen LogP contribution in [0, 0.1) is 0 Å². The molecule has 6 nitrogen and oxygen atoms in total. The van der Waals surface area contributed by atoms with Gasteiger partial charge in [0.1, 0.15) is 0 Å². The Hall–Kier alpha value is -1.44. The van der Waals surface area contributed by atoms with Crippen LogP contribution in [-0.4, -0.2) is 51.9 Å². The number of carbonyl (C=O) groups is 1. The van der Waals surface area contributed by atoms with Gasteiger partial charge in [-0.1, -0.05) is 0 Å². The van der Waals surface area contributed by atoms with E-state index < -0.39 is 10.0 Å². The quantitative estimate of drug-likeness (QED) is 0.765. The number of benzene rings is 1. The molecule has 1 aromatic carbocycles. The van der Waals surface area contributed by atoms with Crippen LogP contribution in [0.15, 0.2) is 29.2 Å². The van der Waals surface area contributed by atoms with Crippen LogP contribution in [0.25, 0.3) is 0 Å².